The normalized spacial score (nSPS) is 24.1. The first-order chi connectivity index (χ1) is 8.66. The molecule has 0 bridgehead atoms. The summed E-state index contributed by atoms with van der Waals surface area (Å²) in [4.78, 5) is 12.0. The molecule has 0 heterocycles. The molecule has 0 aliphatic heterocycles. The van der Waals surface area contributed by atoms with Crippen LogP contribution in [0, 0.1) is 0 Å². The smallest absolute Gasteiger partial charge is 0.315 e. The molecule has 0 aromatic heterocycles. The molecule has 0 aromatic rings. The number of hydrogen-bond acceptors (Lipinski definition) is 3. The van der Waals surface area contributed by atoms with E-state index in [-0.39, 0.29) is 17.9 Å². The fourth-order valence-corrected chi connectivity index (χ4v) is 3.03. The van der Waals surface area contributed by atoms with Crippen LogP contribution in [-0.4, -0.2) is 28.7 Å². The van der Waals surface area contributed by atoms with E-state index in [9.17, 15) is 4.79 Å². The summed E-state index contributed by atoms with van der Waals surface area (Å²) in [6.07, 6.45) is 7.89. The first-order valence-corrected chi connectivity index (χ1v) is 6.73. The van der Waals surface area contributed by atoms with Crippen LogP contribution < -0.4 is 16.4 Å². The van der Waals surface area contributed by atoms with Crippen molar-refractivity contribution in [3.05, 3.63) is 0 Å². The van der Waals surface area contributed by atoms with Gasteiger partial charge in [-0.1, -0.05) is 30.8 Å². The van der Waals surface area contributed by atoms with E-state index in [1.165, 1.54) is 12.8 Å². The van der Waals surface area contributed by atoms with E-state index < -0.39 is 5.54 Å². The summed E-state index contributed by atoms with van der Waals surface area (Å²) < 4.78 is 0. The molecule has 0 aromatic carbocycles. The van der Waals surface area contributed by atoms with Crippen LogP contribution in [0.2, 0.25) is 0 Å². The van der Waals surface area contributed by atoms with Crippen LogP contribution in [0.5, 0.6) is 0 Å². The Balaban J connectivity index is 1.94. The summed E-state index contributed by atoms with van der Waals surface area (Å²) in [5, 5.41) is 17.8. The Bertz CT molecular complexity index is 331. The van der Waals surface area contributed by atoms with E-state index >= 15 is 0 Å². The Labute approximate surface area is 107 Å². The monoisotopic (exact) mass is 254 g/mol. The number of urea groups is 1. The van der Waals surface area contributed by atoms with E-state index in [2.05, 4.69) is 15.8 Å². The first-order valence-electron chi connectivity index (χ1n) is 6.73. The number of carbonyl (C=O) groups is 1. The minimum Gasteiger partial charge on any atom is -0.409 e. The molecule has 0 saturated heterocycles. The predicted molar refractivity (Wildman–Crippen MR) is 68.5 cm³/mol. The Morgan fingerprint density at radius 1 is 1.22 bits per heavy atom. The SMILES string of the molecule is NC(=NO)C1(NC(=O)NC2CCCC2)CCCC1. The highest BCUT2D eigenvalue weighted by Crippen LogP contribution is 2.30. The Morgan fingerprint density at radius 3 is 2.39 bits per heavy atom. The molecule has 6 nitrogen and oxygen atoms in total. The molecule has 5 N–H and O–H groups in total. The van der Waals surface area contributed by atoms with E-state index in [0.29, 0.717) is 0 Å². The van der Waals surface area contributed by atoms with Gasteiger partial charge in [0, 0.05) is 6.04 Å². The number of rotatable bonds is 3. The van der Waals surface area contributed by atoms with Gasteiger partial charge in [-0.3, -0.25) is 0 Å². The highest BCUT2D eigenvalue weighted by molar-refractivity contribution is 5.93. The largest absolute Gasteiger partial charge is 0.409 e. The van der Waals surface area contributed by atoms with Gasteiger partial charge in [0.15, 0.2) is 5.84 Å². The zero-order chi connectivity index (χ0) is 13.0. The second kappa shape index (κ2) is 5.46. The molecule has 0 atom stereocenters. The maximum atomic E-state index is 12.0. The van der Waals surface area contributed by atoms with Crippen LogP contribution >= 0.6 is 0 Å². The van der Waals surface area contributed by atoms with Crippen LogP contribution in [0.4, 0.5) is 4.79 Å². The number of nitrogens with zero attached hydrogens (tertiary/aromatic N) is 1. The predicted octanol–water partition coefficient (Wildman–Crippen LogP) is 1.29. The second-order valence-corrected chi connectivity index (χ2v) is 5.35. The molecule has 18 heavy (non-hydrogen) atoms. The Morgan fingerprint density at radius 2 is 1.83 bits per heavy atom. The van der Waals surface area contributed by atoms with Crippen LogP contribution in [0.3, 0.4) is 0 Å². The molecular formula is C12H22N4O2. The van der Waals surface area contributed by atoms with E-state index in [4.69, 9.17) is 10.9 Å². The second-order valence-electron chi connectivity index (χ2n) is 5.35. The lowest BCUT2D eigenvalue weighted by Gasteiger charge is -2.29. The molecule has 0 spiro atoms. The molecule has 2 rings (SSSR count). The molecule has 6 heteroatoms. The lowest BCUT2D eigenvalue weighted by molar-refractivity contribution is 0.228. The van der Waals surface area contributed by atoms with Gasteiger partial charge in [0.2, 0.25) is 0 Å². The van der Waals surface area contributed by atoms with E-state index in [0.717, 1.165) is 38.5 Å². The Kier molecular flexibility index (Phi) is 3.93. The standard InChI is InChI=1S/C12H22N4O2/c13-10(16-18)12(7-3-4-8-12)15-11(17)14-9-5-1-2-6-9/h9,18H,1-8H2,(H2,13,16)(H2,14,15,17). The lowest BCUT2D eigenvalue weighted by atomic mass is 9.96. The van der Waals surface area contributed by atoms with Gasteiger partial charge in [0.1, 0.15) is 5.54 Å². The summed E-state index contributed by atoms with van der Waals surface area (Å²) in [5.74, 6) is 0.113. The molecule has 0 unspecified atom stereocenters. The third-order valence-electron chi connectivity index (χ3n) is 4.10. The van der Waals surface area contributed by atoms with Crippen molar-refractivity contribution in [3.8, 4) is 0 Å². The average molecular weight is 254 g/mol. The molecular weight excluding hydrogens is 232 g/mol. The summed E-state index contributed by atoms with van der Waals surface area (Å²) in [7, 11) is 0. The number of hydrogen-bond donors (Lipinski definition) is 4. The summed E-state index contributed by atoms with van der Waals surface area (Å²) in [5.41, 5.74) is 5.07. The third-order valence-corrected chi connectivity index (χ3v) is 4.10. The van der Waals surface area contributed by atoms with E-state index in [1.54, 1.807) is 0 Å². The van der Waals surface area contributed by atoms with Crippen molar-refractivity contribution in [1.29, 1.82) is 0 Å². The maximum absolute atomic E-state index is 12.0. The maximum Gasteiger partial charge on any atom is 0.315 e. The molecule has 2 amide bonds. The zero-order valence-corrected chi connectivity index (χ0v) is 10.6. The van der Waals surface area contributed by atoms with E-state index in [1.807, 2.05) is 0 Å². The minimum atomic E-state index is -0.655. The highest BCUT2D eigenvalue weighted by atomic mass is 16.4. The van der Waals surface area contributed by atoms with Gasteiger partial charge >= 0.3 is 6.03 Å². The van der Waals surface area contributed by atoms with Gasteiger partial charge in [-0.15, -0.1) is 0 Å². The number of nitrogens with two attached hydrogens (primary N) is 1. The average Bonchev–Trinajstić information content (AvgIpc) is 3.00. The van der Waals surface area contributed by atoms with Gasteiger partial charge in [-0.25, -0.2) is 4.79 Å². The number of amides is 2. The Hall–Kier alpha value is -1.46. The van der Waals surface area contributed by atoms with Gasteiger partial charge < -0.3 is 21.6 Å². The summed E-state index contributed by atoms with van der Waals surface area (Å²) >= 11 is 0. The van der Waals surface area contributed by atoms with Gasteiger partial charge in [0.05, 0.1) is 0 Å². The van der Waals surface area contributed by atoms with Crippen molar-refractivity contribution >= 4 is 11.9 Å². The van der Waals surface area contributed by atoms with Crippen molar-refractivity contribution in [2.24, 2.45) is 10.9 Å². The fourth-order valence-electron chi connectivity index (χ4n) is 3.03. The summed E-state index contributed by atoms with van der Waals surface area (Å²) in [6, 6.07) is 0.0751. The third kappa shape index (κ3) is 2.68. The zero-order valence-electron chi connectivity index (χ0n) is 10.6. The van der Waals surface area contributed by atoms with Crippen LogP contribution in [0.25, 0.3) is 0 Å². The molecule has 2 aliphatic rings. The van der Waals surface area contributed by atoms with Crippen molar-refractivity contribution in [3.63, 3.8) is 0 Å². The highest BCUT2D eigenvalue weighted by Gasteiger charge is 2.40. The van der Waals surface area contributed by atoms with Crippen molar-refractivity contribution in [1.82, 2.24) is 10.6 Å². The number of carbonyl (C=O) groups excluding carboxylic acids is 1. The minimum absolute atomic E-state index is 0.113. The van der Waals surface area contributed by atoms with Gasteiger partial charge in [-0.2, -0.15) is 0 Å². The molecule has 2 fully saturated rings. The van der Waals surface area contributed by atoms with Crippen LogP contribution in [0.1, 0.15) is 51.4 Å². The van der Waals surface area contributed by atoms with Gasteiger partial charge in [-0.05, 0) is 25.7 Å². The molecule has 2 aliphatic carbocycles. The molecule has 2 saturated carbocycles. The fraction of sp³-hybridized carbons (Fsp3) is 0.833. The number of amidine groups is 1. The lowest BCUT2D eigenvalue weighted by Crippen LogP contribution is -2.59. The summed E-state index contributed by atoms with van der Waals surface area (Å²) in [6.45, 7) is 0. The van der Waals surface area contributed by atoms with Crippen molar-refractivity contribution in [2.75, 3.05) is 0 Å². The van der Waals surface area contributed by atoms with Gasteiger partial charge in [0.25, 0.3) is 0 Å². The number of nitrogens with one attached hydrogen (secondary N) is 2. The van der Waals surface area contributed by atoms with Crippen LogP contribution in [0.15, 0.2) is 5.16 Å². The first kappa shape index (κ1) is 13.0. The molecule has 0 radical (unpaired) electrons. The van der Waals surface area contributed by atoms with Crippen LogP contribution in [-0.2, 0) is 0 Å². The quantitative estimate of drug-likeness (QED) is 0.264. The molecule has 102 valence electrons. The van der Waals surface area contributed by atoms with Crippen molar-refractivity contribution < 1.29 is 10.0 Å². The number of oxime groups is 1. The topological polar surface area (TPSA) is 99.7 Å². The van der Waals surface area contributed by atoms with Crippen molar-refractivity contribution in [2.45, 2.75) is 62.9 Å².